The number of amides is 1. The van der Waals surface area contributed by atoms with Gasteiger partial charge in [-0.1, -0.05) is 0 Å². The summed E-state index contributed by atoms with van der Waals surface area (Å²) in [7, 11) is 0. The van der Waals surface area contributed by atoms with Crippen molar-refractivity contribution in [2.45, 2.75) is 25.8 Å². The number of hydrogen-bond acceptors (Lipinski definition) is 2. The fourth-order valence-electron chi connectivity index (χ4n) is 2.78. The van der Waals surface area contributed by atoms with Gasteiger partial charge in [0.25, 0.3) is 0 Å². The number of carbonyl (C=O) groups is 1. The lowest BCUT2D eigenvalue weighted by Gasteiger charge is -2.48. The Morgan fingerprint density at radius 2 is 1.79 bits per heavy atom. The summed E-state index contributed by atoms with van der Waals surface area (Å²) in [6.45, 7) is 4.45. The number of primary amides is 1. The summed E-state index contributed by atoms with van der Waals surface area (Å²) in [4.78, 5) is 13.5. The van der Waals surface area contributed by atoms with Gasteiger partial charge in [0.1, 0.15) is 0 Å². The summed E-state index contributed by atoms with van der Waals surface area (Å²) >= 11 is 0. The Morgan fingerprint density at radius 3 is 2.07 bits per heavy atom. The molecule has 0 aromatic heterocycles. The van der Waals surface area contributed by atoms with Gasteiger partial charge in [0.15, 0.2) is 0 Å². The molecule has 3 heterocycles. The largest absolute Gasteiger partial charge is 0.369 e. The average molecular weight is 241 g/mol. The molecule has 0 aliphatic carbocycles. The van der Waals surface area contributed by atoms with E-state index in [0.717, 1.165) is 25.9 Å². The van der Waals surface area contributed by atoms with Crippen LogP contribution in [0.2, 0.25) is 0 Å². The lowest BCUT2D eigenvalue weighted by Crippen LogP contribution is -2.57. The van der Waals surface area contributed by atoms with Gasteiger partial charge in [-0.25, -0.2) is 0 Å². The van der Waals surface area contributed by atoms with Crippen molar-refractivity contribution in [1.29, 1.82) is 0 Å². The van der Waals surface area contributed by atoms with Gasteiger partial charge in [-0.2, -0.15) is 0 Å². The van der Waals surface area contributed by atoms with Crippen LogP contribution in [0, 0.1) is 11.8 Å². The minimum absolute atomic E-state index is 0. The molecule has 3 nitrogen and oxygen atoms in total. The molecule has 84 valence electrons. The smallest absolute Gasteiger partial charge is 0.222 e. The van der Waals surface area contributed by atoms with Gasteiger partial charge in [-0.3, -0.25) is 9.69 Å². The van der Waals surface area contributed by atoms with E-state index in [1.54, 1.807) is 0 Å². The zero-order valence-electron chi connectivity index (χ0n) is 8.31. The van der Waals surface area contributed by atoms with Crippen molar-refractivity contribution >= 4 is 30.7 Å². The highest BCUT2D eigenvalue weighted by molar-refractivity contribution is 5.85. The predicted octanol–water partition coefficient (Wildman–Crippen LogP) is 1.05. The number of piperidine rings is 3. The molecule has 2 atom stereocenters. The van der Waals surface area contributed by atoms with Gasteiger partial charge in [-0.15, -0.1) is 24.8 Å². The average Bonchev–Trinajstić information content (AvgIpc) is 2.05. The Kier molecular flexibility index (Phi) is 5.20. The second-order valence-electron chi connectivity index (χ2n) is 4.04. The van der Waals surface area contributed by atoms with Crippen molar-refractivity contribution < 1.29 is 4.79 Å². The predicted molar refractivity (Wildman–Crippen MR) is 60.9 cm³/mol. The van der Waals surface area contributed by atoms with Gasteiger partial charge < -0.3 is 5.73 Å². The molecule has 2 N–H and O–H groups in total. The first-order chi connectivity index (χ1) is 5.70. The van der Waals surface area contributed by atoms with E-state index in [-0.39, 0.29) is 36.6 Å². The van der Waals surface area contributed by atoms with Gasteiger partial charge in [-0.05, 0) is 38.8 Å². The van der Waals surface area contributed by atoms with E-state index in [9.17, 15) is 4.79 Å². The van der Waals surface area contributed by atoms with Crippen molar-refractivity contribution in [1.82, 2.24) is 4.90 Å². The lowest BCUT2D eigenvalue weighted by molar-refractivity contribution is -0.131. The van der Waals surface area contributed by atoms with E-state index in [4.69, 9.17) is 5.73 Å². The van der Waals surface area contributed by atoms with E-state index in [2.05, 4.69) is 11.8 Å². The van der Waals surface area contributed by atoms with Gasteiger partial charge in [0.2, 0.25) is 5.91 Å². The molecule has 0 aromatic rings. The second kappa shape index (κ2) is 5.19. The van der Waals surface area contributed by atoms with Crippen LogP contribution in [-0.2, 0) is 4.79 Å². The van der Waals surface area contributed by atoms with Crippen molar-refractivity contribution in [3.63, 3.8) is 0 Å². The first kappa shape index (κ1) is 14.0. The normalized spacial score (nSPS) is 39.5. The maximum atomic E-state index is 11.2. The Labute approximate surface area is 97.2 Å². The summed E-state index contributed by atoms with van der Waals surface area (Å²) in [6, 6.07) is 0.384. The summed E-state index contributed by atoms with van der Waals surface area (Å²) in [5.74, 6) is 0.590. The molecule has 3 aliphatic rings. The number of rotatable bonds is 1. The maximum absolute atomic E-state index is 11.2. The topological polar surface area (TPSA) is 46.3 Å². The third kappa shape index (κ3) is 2.15. The molecule has 1 amide bonds. The Hall–Kier alpha value is 0.01000. The highest BCUT2D eigenvalue weighted by Gasteiger charge is 2.42. The molecular formula is C9H18Cl2N2O. The molecule has 3 fully saturated rings. The number of halogens is 2. The lowest BCUT2D eigenvalue weighted by atomic mass is 9.74. The quantitative estimate of drug-likeness (QED) is 0.745. The van der Waals surface area contributed by atoms with Crippen LogP contribution in [0.1, 0.15) is 19.8 Å². The summed E-state index contributed by atoms with van der Waals surface area (Å²) in [5, 5.41) is 0. The highest BCUT2D eigenvalue weighted by Crippen LogP contribution is 2.36. The van der Waals surface area contributed by atoms with Crippen LogP contribution in [0.5, 0.6) is 0 Å². The minimum atomic E-state index is -0.100. The summed E-state index contributed by atoms with van der Waals surface area (Å²) < 4.78 is 0. The van der Waals surface area contributed by atoms with Crippen LogP contribution in [0.4, 0.5) is 0 Å². The van der Waals surface area contributed by atoms with Crippen LogP contribution < -0.4 is 5.73 Å². The van der Waals surface area contributed by atoms with E-state index in [1.165, 1.54) is 0 Å². The van der Waals surface area contributed by atoms with E-state index < -0.39 is 0 Å². The Morgan fingerprint density at radius 1 is 1.29 bits per heavy atom. The van der Waals surface area contributed by atoms with Crippen molar-refractivity contribution in [3.05, 3.63) is 0 Å². The minimum Gasteiger partial charge on any atom is -0.369 e. The third-order valence-electron chi connectivity index (χ3n) is 3.51. The second-order valence-corrected chi connectivity index (χ2v) is 4.04. The van der Waals surface area contributed by atoms with Crippen molar-refractivity contribution in [2.24, 2.45) is 17.6 Å². The summed E-state index contributed by atoms with van der Waals surface area (Å²) in [5.41, 5.74) is 5.38. The molecular weight excluding hydrogens is 223 g/mol. The number of nitrogens with two attached hydrogens (primary N) is 1. The van der Waals surface area contributed by atoms with Crippen molar-refractivity contribution in [3.8, 4) is 0 Å². The van der Waals surface area contributed by atoms with Gasteiger partial charge >= 0.3 is 0 Å². The monoisotopic (exact) mass is 240 g/mol. The van der Waals surface area contributed by atoms with Crippen molar-refractivity contribution in [2.75, 3.05) is 13.1 Å². The molecule has 5 heteroatoms. The number of hydrogen-bond donors (Lipinski definition) is 1. The number of fused-ring (bicyclic) bond motifs is 3. The molecule has 0 saturated carbocycles. The van der Waals surface area contributed by atoms with E-state index >= 15 is 0 Å². The number of nitrogens with zero attached hydrogens (tertiary/aromatic N) is 1. The molecule has 3 aliphatic heterocycles. The first-order valence-electron chi connectivity index (χ1n) is 4.73. The first-order valence-corrected chi connectivity index (χ1v) is 4.73. The van der Waals surface area contributed by atoms with Crippen LogP contribution in [0.3, 0.4) is 0 Å². The van der Waals surface area contributed by atoms with Crippen LogP contribution >= 0.6 is 24.8 Å². The molecule has 2 bridgehead atoms. The van der Waals surface area contributed by atoms with Crippen LogP contribution in [0.15, 0.2) is 0 Å². The third-order valence-corrected chi connectivity index (χ3v) is 3.51. The van der Waals surface area contributed by atoms with E-state index in [0.29, 0.717) is 12.0 Å². The fraction of sp³-hybridized carbons (Fsp3) is 0.889. The Balaban J connectivity index is 0.000000845. The molecule has 14 heavy (non-hydrogen) atoms. The fourth-order valence-corrected chi connectivity index (χ4v) is 2.78. The number of carbonyl (C=O) groups excluding carboxylic acids is 1. The summed E-state index contributed by atoms with van der Waals surface area (Å²) in [6.07, 6.45) is 2.33. The molecule has 0 aromatic carbocycles. The highest BCUT2D eigenvalue weighted by atomic mass is 35.5. The molecule has 2 unspecified atom stereocenters. The zero-order chi connectivity index (χ0) is 8.72. The standard InChI is InChI=1S/C9H16N2O.2ClH/c1-6-8(9(10)12)7-2-4-11(6)5-3-7;;/h6-8H,2-5H2,1H3,(H2,10,12);2*1H. The zero-order valence-corrected chi connectivity index (χ0v) is 9.94. The van der Waals surface area contributed by atoms with Gasteiger partial charge in [0.05, 0.1) is 5.92 Å². The SMILES string of the molecule is CC1C(C(N)=O)C2CCN1CC2.Cl.Cl. The maximum Gasteiger partial charge on any atom is 0.222 e. The van der Waals surface area contributed by atoms with Gasteiger partial charge in [0, 0.05) is 6.04 Å². The van der Waals surface area contributed by atoms with E-state index in [1.807, 2.05) is 0 Å². The molecule has 0 radical (unpaired) electrons. The molecule has 0 spiro atoms. The van der Waals surface area contributed by atoms with Crippen LogP contribution in [0.25, 0.3) is 0 Å². The Bertz CT molecular complexity index is 203. The van der Waals surface area contributed by atoms with Crippen LogP contribution in [-0.4, -0.2) is 29.9 Å². The molecule has 3 saturated heterocycles. The molecule has 3 rings (SSSR count).